The fourth-order valence-electron chi connectivity index (χ4n) is 5.04. The van der Waals surface area contributed by atoms with Crippen molar-refractivity contribution < 1.29 is 17.6 Å². The Morgan fingerprint density at radius 3 is 2.39 bits per heavy atom. The number of halogens is 4. The molecule has 0 spiro atoms. The van der Waals surface area contributed by atoms with Gasteiger partial charge in [-0.05, 0) is 72.5 Å². The molecular weight excluding hydrogens is 492 g/mol. The van der Waals surface area contributed by atoms with Gasteiger partial charge in [-0.25, -0.2) is 4.39 Å². The summed E-state index contributed by atoms with van der Waals surface area (Å²) >= 11 is 0. The van der Waals surface area contributed by atoms with E-state index < -0.39 is 12.1 Å². The minimum atomic E-state index is -4.26. The maximum Gasteiger partial charge on any atom is 0.392 e. The predicted octanol–water partition coefficient (Wildman–Crippen LogP) is 7.24. The van der Waals surface area contributed by atoms with Crippen molar-refractivity contribution in [3.63, 3.8) is 0 Å². The maximum atomic E-state index is 13.5. The van der Waals surface area contributed by atoms with Crippen LogP contribution < -0.4 is 5.32 Å². The predicted molar refractivity (Wildman–Crippen MR) is 145 cm³/mol. The third kappa shape index (κ3) is 6.60. The molecule has 3 aromatic rings. The van der Waals surface area contributed by atoms with Crippen LogP contribution in [0.25, 0.3) is 0 Å². The average molecular weight is 527 g/mol. The van der Waals surface area contributed by atoms with Crippen LogP contribution in [0, 0.1) is 31.0 Å². The second-order valence-electron chi connectivity index (χ2n) is 10.2. The van der Waals surface area contributed by atoms with E-state index in [1.165, 1.54) is 36.4 Å². The highest BCUT2D eigenvalue weighted by molar-refractivity contribution is 5.88. The number of nitrogens with one attached hydrogen (secondary N) is 2. The Morgan fingerprint density at radius 1 is 1.03 bits per heavy atom. The molecule has 202 valence electrons. The van der Waals surface area contributed by atoms with Crippen molar-refractivity contribution >= 4 is 17.6 Å². The van der Waals surface area contributed by atoms with Gasteiger partial charge >= 0.3 is 6.18 Å². The summed E-state index contributed by atoms with van der Waals surface area (Å²) in [6, 6.07) is 17.7. The summed E-state index contributed by atoms with van der Waals surface area (Å²) in [6.07, 6.45) is -3.02. The molecular formula is C30H34F4N4. The zero-order valence-corrected chi connectivity index (χ0v) is 21.9. The Kier molecular flexibility index (Phi) is 8.53. The van der Waals surface area contributed by atoms with Gasteiger partial charge in [-0.3, -0.25) is 9.80 Å². The van der Waals surface area contributed by atoms with Crippen LogP contribution in [0.3, 0.4) is 0 Å². The minimum Gasteiger partial charge on any atom is -0.355 e. The number of nitrogens with zero attached hydrogens (tertiary/aromatic N) is 2. The Hall–Kier alpha value is -3.23. The smallest absolute Gasteiger partial charge is 0.355 e. The Morgan fingerprint density at radius 2 is 1.74 bits per heavy atom. The van der Waals surface area contributed by atoms with Crippen LogP contribution >= 0.6 is 0 Å². The molecule has 1 heterocycles. The van der Waals surface area contributed by atoms with Gasteiger partial charge in [0.1, 0.15) is 5.82 Å². The van der Waals surface area contributed by atoms with Crippen molar-refractivity contribution in [1.29, 1.82) is 5.41 Å². The van der Waals surface area contributed by atoms with E-state index in [-0.39, 0.29) is 18.4 Å². The Labute approximate surface area is 221 Å². The number of hydrogen-bond donors (Lipinski definition) is 2. The van der Waals surface area contributed by atoms with Gasteiger partial charge in [0, 0.05) is 61.9 Å². The van der Waals surface area contributed by atoms with Gasteiger partial charge in [-0.1, -0.05) is 31.2 Å². The van der Waals surface area contributed by atoms with Gasteiger partial charge in [0.15, 0.2) is 0 Å². The second-order valence-corrected chi connectivity index (χ2v) is 10.2. The topological polar surface area (TPSA) is 42.4 Å². The van der Waals surface area contributed by atoms with E-state index >= 15 is 0 Å². The summed E-state index contributed by atoms with van der Waals surface area (Å²) in [4.78, 5) is 4.24. The summed E-state index contributed by atoms with van der Waals surface area (Å²) in [6.45, 7) is 7.69. The first-order valence-electron chi connectivity index (χ1n) is 12.8. The van der Waals surface area contributed by atoms with Crippen molar-refractivity contribution in [2.75, 3.05) is 31.5 Å². The molecule has 3 aromatic carbocycles. The molecule has 0 saturated carbocycles. The van der Waals surface area contributed by atoms with E-state index in [9.17, 15) is 17.6 Å². The quantitative estimate of drug-likeness (QED) is 0.240. The standard InChI is InChI=1S/C30H34F4N4/c1-20-6-4-5-7-23(20)18-37-12-13-38(17-22(3)30(32,33)34)29(19-37)27-15-24(16-35)28(14-21(27)2)36-26-10-8-25(31)9-11-26/h4-11,14-16,22,29,35-36H,12-13,17-19H2,1-3H3. The lowest BCUT2D eigenvalue weighted by atomic mass is 9.93. The fourth-order valence-corrected chi connectivity index (χ4v) is 5.04. The molecule has 0 radical (unpaired) electrons. The molecule has 1 aliphatic rings. The highest BCUT2D eigenvalue weighted by Crippen LogP contribution is 2.35. The molecule has 2 N–H and O–H groups in total. The molecule has 38 heavy (non-hydrogen) atoms. The maximum absolute atomic E-state index is 13.5. The molecule has 1 saturated heterocycles. The first-order valence-corrected chi connectivity index (χ1v) is 12.8. The molecule has 0 bridgehead atoms. The summed E-state index contributed by atoms with van der Waals surface area (Å²) in [7, 11) is 0. The Bertz CT molecular complexity index is 1260. The van der Waals surface area contributed by atoms with Crippen molar-refractivity contribution in [2.45, 2.75) is 39.5 Å². The second kappa shape index (κ2) is 11.7. The molecule has 0 aliphatic carbocycles. The van der Waals surface area contributed by atoms with Gasteiger partial charge in [0.2, 0.25) is 0 Å². The van der Waals surface area contributed by atoms with E-state index in [4.69, 9.17) is 5.41 Å². The number of benzene rings is 3. The fraction of sp³-hybridized carbons (Fsp3) is 0.367. The van der Waals surface area contributed by atoms with Crippen LogP contribution in [-0.4, -0.2) is 48.4 Å². The highest BCUT2D eigenvalue weighted by atomic mass is 19.4. The van der Waals surface area contributed by atoms with Gasteiger partial charge in [-0.2, -0.15) is 13.2 Å². The zero-order chi connectivity index (χ0) is 27.4. The van der Waals surface area contributed by atoms with Crippen molar-refractivity contribution in [3.05, 3.63) is 94.3 Å². The Balaban J connectivity index is 1.65. The van der Waals surface area contributed by atoms with E-state index in [0.29, 0.717) is 36.6 Å². The van der Waals surface area contributed by atoms with Crippen LogP contribution in [0.1, 0.15) is 40.8 Å². The van der Waals surface area contributed by atoms with Crippen molar-refractivity contribution in [1.82, 2.24) is 9.80 Å². The number of rotatable bonds is 8. The lowest BCUT2D eigenvalue weighted by molar-refractivity contribution is -0.177. The van der Waals surface area contributed by atoms with Gasteiger partial charge in [0.05, 0.1) is 5.92 Å². The number of anilines is 2. The lowest BCUT2D eigenvalue weighted by Gasteiger charge is -2.43. The van der Waals surface area contributed by atoms with E-state index in [1.54, 1.807) is 12.1 Å². The first-order chi connectivity index (χ1) is 18.0. The monoisotopic (exact) mass is 526 g/mol. The molecule has 2 unspecified atom stereocenters. The highest BCUT2D eigenvalue weighted by Gasteiger charge is 2.39. The molecule has 4 nitrogen and oxygen atoms in total. The number of hydrogen-bond acceptors (Lipinski definition) is 4. The lowest BCUT2D eigenvalue weighted by Crippen LogP contribution is -2.50. The summed E-state index contributed by atoms with van der Waals surface area (Å²) in [5.74, 6) is -1.79. The number of aryl methyl sites for hydroxylation is 2. The summed E-state index contributed by atoms with van der Waals surface area (Å²) in [5, 5.41) is 11.3. The van der Waals surface area contributed by atoms with E-state index in [0.717, 1.165) is 17.7 Å². The first kappa shape index (κ1) is 27.8. The molecule has 4 rings (SSSR count). The third-order valence-electron chi connectivity index (χ3n) is 7.37. The van der Waals surface area contributed by atoms with Crippen molar-refractivity contribution in [3.8, 4) is 0 Å². The molecule has 8 heteroatoms. The van der Waals surface area contributed by atoms with E-state index in [1.807, 2.05) is 36.1 Å². The largest absolute Gasteiger partial charge is 0.392 e. The SMILES string of the molecule is Cc1ccccc1CN1CCN(CC(C)C(F)(F)F)C(c2cc(C=N)c(Nc3ccc(F)cc3)cc2C)C1. The van der Waals surface area contributed by atoms with Crippen LogP contribution in [0.15, 0.2) is 60.7 Å². The molecule has 0 aromatic heterocycles. The van der Waals surface area contributed by atoms with Gasteiger partial charge in [0.25, 0.3) is 0 Å². The molecule has 2 atom stereocenters. The number of alkyl halides is 3. The van der Waals surface area contributed by atoms with E-state index in [2.05, 4.69) is 29.3 Å². The van der Waals surface area contributed by atoms with Crippen molar-refractivity contribution in [2.24, 2.45) is 5.92 Å². The van der Waals surface area contributed by atoms with Gasteiger partial charge in [-0.15, -0.1) is 0 Å². The van der Waals surface area contributed by atoms with Gasteiger partial charge < -0.3 is 10.7 Å². The number of piperazine rings is 1. The normalized spacial score (nSPS) is 17.8. The average Bonchev–Trinajstić information content (AvgIpc) is 2.87. The van der Waals surface area contributed by atoms with Crippen LogP contribution in [0.5, 0.6) is 0 Å². The third-order valence-corrected chi connectivity index (χ3v) is 7.37. The summed E-state index contributed by atoms with van der Waals surface area (Å²) in [5.41, 5.74) is 6.23. The summed E-state index contributed by atoms with van der Waals surface area (Å²) < 4.78 is 53.9. The molecule has 1 fully saturated rings. The van der Waals surface area contributed by atoms with Crippen LogP contribution in [0.2, 0.25) is 0 Å². The molecule has 0 amide bonds. The van der Waals surface area contributed by atoms with Crippen LogP contribution in [-0.2, 0) is 6.54 Å². The minimum absolute atomic E-state index is 0.0820. The molecule has 1 aliphatic heterocycles. The van der Waals surface area contributed by atoms with Crippen LogP contribution in [0.4, 0.5) is 28.9 Å². The zero-order valence-electron chi connectivity index (χ0n) is 21.9.